The summed E-state index contributed by atoms with van der Waals surface area (Å²) in [5, 5.41) is 0. The van der Waals surface area contributed by atoms with Gasteiger partial charge in [0.05, 0.1) is 5.41 Å². The van der Waals surface area contributed by atoms with Crippen molar-refractivity contribution in [1.82, 2.24) is 0 Å². The highest BCUT2D eigenvalue weighted by Gasteiger charge is 2.31. The molecule has 1 aromatic rings. The van der Waals surface area contributed by atoms with Gasteiger partial charge in [0.1, 0.15) is 0 Å². The van der Waals surface area contributed by atoms with Crippen LogP contribution in [0.2, 0.25) is 0 Å². The fraction of sp³-hybridized carbons (Fsp3) is 0.267. The lowest BCUT2D eigenvalue weighted by molar-refractivity contribution is -0.376. The lowest BCUT2D eigenvalue weighted by Gasteiger charge is -2.26. The van der Waals surface area contributed by atoms with Gasteiger partial charge in [0, 0.05) is 13.0 Å². The summed E-state index contributed by atoms with van der Waals surface area (Å²) in [6.45, 7) is 10.8. The smallest absolute Gasteiger partial charge is 0.167 e. The van der Waals surface area contributed by atoms with Crippen molar-refractivity contribution in [3.63, 3.8) is 0 Å². The van der Waals surface area contributed by atoms with Crippen LogP contribution in [0.5, 0.6) is 0 Å². The van der Waals surface area contributed by atoms with E-state index in [-0.39, 0.29) is 5.41 Å². The number of allylic oxidation sites excluding steroid dienone is 1. The van der Waals surface area contributed by atoms with Crippen molar-refractivity contribution in [2.45, 2.75) is 20.8 Å². The molecule has 1 N–H and O–H groups in total. The van der Waals surface area contributed by atoms with Gasteiger partial charge in [0.25, 0.3) is 0 Å². The van der Waals surface area contributed by atoms with E-state index in [2.05, 4.69) is 62.7 Å². The SMILES string of the molecule is C=C1c2ccccc2/C=C\[NH+]=C(C)C1(C)C. The Labute approximate surface area is 97.2 Å². The molecule has 0 bridgehead atoms. The van der Waals surface area contributed by atoms with Crippen LogP contribution in [0.1, 0.15) is 31.9 Å². The van der Waals surface area contributed by atoms with Gasteiger partial charge in [-0.25, -0.2) is 4.99 Å². The Morgan fingerprint density at radius 2 is 1.88 bits per heavy atom. The number of rotatable bonds is 0. The lowest BCUT2D eigenvalue weighted by atomic mass is 9.76. The molecule has 0 saturated heterocycles. The fourth-order valence-corrected chi connectivity index (χ4v) is 1.92. The zero-order chi connectivity index (χ0) is 11.8. The van der Waals surface area contributed by atoms with Crippen LogP contribution in [0, 0.1) is 5.41 Å². The molecular formula is C15H18N+. The van der Waals surface area contributed by atoms with Gasteiger partial charge in [-0.3, -0.25) is 0 Å². The summed E-state index contributed by atoms with van der Waals surface area (Å²) in [4.78, 5) is 3.32. The van der Waals surface area contributed by atoms with E-state index < -0.39 is 0 Å². The van der Waals surface area contributed by atoms with Gasteiger partial charge in [-0.05, 0) is 30.5 Å². The van der Waals surface area contributed by atoms with Crippen LogP contribution in [-0.2, 0) is 0 Å². The van der Waals surface area contributed by atoms with Gasteiger partial charge in [-0.2, -0.15) is 0 Å². The highest BCUT2D eigenvalue weighted by atomic mass is 14.7. The van der Waals surface area contributed by atoms with E-state index in [1.54, 1.807) is 0 Å². The molecule has 0 saturated carbocycles. The molecule has 16 heavy (non-hydrogen) atoms. The van der Waals surface area contributed by atoms with Crippen LogP contribution >= 0.6 is 0 Å². The third-order valence-corrected chi connectivity index (χ3v) is 3.54. The Morgan fingerprint density at radius 3 is 2.62 bits per heavy atom. The molecule has 0 amide bonds. The Hall–Kier alpha value is -1.63. The maximum absolute atomic E-state index is 4.27. The summed E-state index contributed by atoms with van der Waals surface area (Å²) in [6, 6.07) is 8.39. The Morgan fingerprint density at radius 1 is 1.19 bits per heavy atom. The third kappa shape index (κ3) is 1.63. The molecule has 0 spiro atoms. The van der Waals surface area contributed by atoms with Crippen molar-refractivity contribution < 1.29 is 4.99 Å². The third-order valence-electron chi connectivity index (χ3n) is 3.54. The molecule has 1 aliphatic rings. The molecule has 82 valence electrons. The first-order chi connectivity index (χ1) is 7.53. The molecule has 0 atom stereocenters. The summed E-state index contributed by atoms with van der Waals surface area (Å²) in [7, 11) is 0. The number of fused-ring (bicyclic) bond motifs is 1. The molecule has 0 aliphatic carbocycles. The molecule has 1 heteroatoms. The largest absolute Gasteiger partial charge is 0.218 e. The van der Waals surface area contributed by atoms with Gasteiger partial charge < -0.3 is 0 Å². The quantitative estimate of drug-likeness (QED) is 0.678. The second-order valence-electron chi connectivity index (χ2n) is 4.79. The Kier molecular flexibility index (Phi) is 2.55. The molecule has 1 aliphatic heterocycles. The molecule has 0 fully saturated rings. The van der Waals surface area contributed by atoms with E-state index in [4.69, 9.17) is 0 Å². The monoisotopic (exact) mass is 212 g/mol. The minimum atomic E-state index is -0.0269. The maximum atomic E-state index is 4.27. The number of benzene rings is 1. The molecule has 0 radical (unpaired) electrons. The topological polar surface area (TPSA) is 14.0 Å². The Balaban J connectivity index is 2.66. The summed E-state index contributed by atoms with van der Waals surface area (Å²) in [6.07, 6.45) is 4.10. The summed E-state index contributed by atoms with van der Waals surface area (Å²) >= 11 is 0. The van der Waals surface area contributed by atoms with Crippen molar-refractivity contribution >= 4 is 17.4 Å². The average molecular weight is 212 g/mol. The van der Waals surface area contributed by atoms with Crippen LogP contribution in [0.25, 0.3) is 11.6 Å². The molecule has 1 heterocycles. The van der Waals surface area contributed by atoms with Crippen LogP contribution in [-0.4, -0.2) is 5.71 Å². The van der Waals surface area contributed by atoms with Gasteiger partial charge in [-0.1, -0.05) is 30.8 Å². The molecule has 0 unspecified atom stereocenters. The van der Waals surface area contributed by atoms with Gasteiger partial charge >= 0.3 is 0 Å². The molecule has 1 nitrogen and oxygen atoms in total. The average Bonchev–Trinajstić information content (AvgIpc) is 2.27. The van der Waals surface area contributed by atoms with E-state index in [0.717, 1.165) is 5.57 Å². The molecule has 2 rings (SSSR count). The first-order valence-corrected chi connectivity index (χ1v) is 5.59. The van der Waals surface area contributed by atoms with E-state index in [1.807, 2.05) is 6.20 Å². The molecule has 1 aromatic carbocycles. The van der Waals surface area contributed by atoms with Crippen molar-refractivity contribution in [3.05, 3.63) is 48.2 Å². The van der Waals surface area contributed by atoms with Crippen LogP contribution in [0.3, 0.4) is 0 Å². The molecule has 0 aromatic heterocycles. The zero-order valence-corrected chi connectivity index (χ0v) is 10.2. The summed E-state index contributed by atoms with van der Waals surface area (Å²) in [5.41, 5.74) is 4.83. The number of hydrogen-bond donors (Lipinski definition) is 1. The fourth-order valence-electron chi connectivity index (χ4n) is 1.92. The van der Waals surface area contributed by atoms with Crippen molar-refractivity contribution in [2.75, 3.05) is 0 Å². The van der Waals surface area contributed by atoms with Gasteiger partial charge in [-0.15, -0.1) is 0 Å². The normalized spacial score (nSPS) is 20.4. The van der Waals surface area contributed by atoms with Crippen LogP contribution in [0.15, 0.2) is 37.0 Å². The lowest BCUT2D eigenvalue weighted by Crippen LogP contribution is -2.69. The predicted molar refractivity (Wildman–Crippen MR) is 69.9 cm³/mol. The van der Waals surface area contributed by atoms with E-state index in [1.165, 1.54) is 16.8 Å². The van der Waals surface area contributed by atoms with E-state index >= 15 is 0 Å². The number of hydrogen-bond acceptors (Lipinski definition) is 0. The summed E-state index contributed by atoms with van der Waals surface area (Å²) in [5.74, 6) is 0. The van der Waals surface area contributed by atoms with Gasteiger partial charge in [0.2, 0.25) is 0 Å². The second-order valence-corrected chi connectivity index (χ2v) is 4.79. The maximum Gasteiger partial charge on any atom is 0.167 e. The predicted octanol–water partition coefficient (Wildman–Crippen LogP) is 2.25. The van der Waals surface area contributed by atoms with E-state index in [9.17, 15) is 0 Å². The highest BCUT2D eigenvalue weighted by Crippen LogP contribution is 2.35. The first kappa shape index (κ1) is 10.9. The van der Waals surface area contributed by atoms with Crippen molar-refractivity contribution in [2.24, 2.45) is 5.41 Å². The minimum absolute atomic E-state index is 0.0269. The highest BCUT2D eigenvalue weighted by molar-refractivity contribution is 5.97. The molecular weight excluding hydrogens is 194 g/mol. The minimum Gasteiger partial charge on any atom is -0.218 e. The summed E-state index contributed by atoms with van der Waals surface area (Å²) < 4.78 is 0. The first-order valence-electron chi connectivity index (χ1n) is 5.59. The van der Waals surface area contributed by atoms with Crippen LogP contribution < -0.4 is 4.99 Å². The van der Waals surface area contributed by atoms with Crippen molar-refractivity contribution in [1.29, 1.82) is 0 Å². The Bertz CT molecular complexity index is 490. The van der Waals surface area contributed by atoms with Crippen molar-refractivity contribution in [3.8, 4) is 0 Å². The number of nitrogens with one attached hydrogen (secondary N) is 1. The second kappa shape index (κ2) is 3.75. The standard InChI is InChI=1S/C15H17N/c1-11-14-8-6-5-7-13(14)9-10-16-12(2)15(11,3)4/h5-10H,1H2,2-4H3/p+1/b10-9-,16-12?. The van der Waals surface area contributed by atoms with E-state index in [0.29, 0.717) is 0 Å². The zero-order valence-electron chi connectivity index (χ0n) is 10.2. The van der Waals surface area contributed by atoms with Crippen LogP contribution in [0.4, 0.5) is 0 Å². The van der Waals surface area contributed by atoms with Gasteiger partial charge in [0.15, 0.2) is 11.9 Å².